The molecule has 0 unspecified atom stereocenters. The predicted octanol–water partition coefficient (Wildman–Crippen LogP) is 3.71. The Labute approximate surface area is 87.3 Å². The van der Waals surface area contributed by atoms with Gasteiger partial charge in [-0.25, -0.2) is 0 Å². The predicted molar refractivity (Wildman–Crippen MR) is 52.7 cm³/mol. The van der Waals surface area contributed by atoms with Crippen LogP contribution in [0.1, 0.15) is 37.6 Å². The third-order valence-corrected chi connectivity index (χ3v) is 2.18. The first kappa shape index (κ1) is 12.0. The molecule has 4 heteroatoms. The summed E-state index contributed by atoms with van der Waals surface area (Å²) in [5, 5.41) is 0. The van der Waals surface area contributed by atoms with Crippen molar-refractivity contribution in [1.82, 2.24) is 4.98 Å². The summed E-state index contributed by atoms with van der Waals surface area (Å²) >= 11 is 0. The molecule has 0 saturated heterocycles. The van der Waals surface area contributed by atoms with Crippen LogP contribution < -0.4 is 0 Å². The van der Waals surface area contributed by atoms with E-state index in [2.05, 4.69) is 4.98 Å². The lowest BCUT2D eigenvalue weighted by atomic mass is 9.90. The number of aryl methyl sites for hydroxylation is 1. The van der Waals surface area contributed by atoms with Gasteiger partial charge in [0, 0.05) is 17.3 Å². The summed E-state index contributed by atoms with van der Waals surface area (Å²) in [6, 6.07) is 1.13. The molecule has 0 saturated carbocycles. The number of rotatable bonds is 0. The van der Waals surface area contributed by atoms with Gasteiger partial charge in [-0.15, -0.1) is 0 Å². The van der Waals surface area contributed by atoms with E-state index in [0.717, 1.165) is 6.07 Å². The summed E-state index contributed by atoms with van der Waals surface area (Å²) in [4.78, 5) is 4.02. The molecule has 0 aromatic carbocycles. The van der Waals surface area contributed by atoms with Gasteiger partial charge in [0.15, 0.2) is 0 Å². The van der Waals surface area contributed by atoms with Gasteiger partial charge in [-0.1, -0.05) is 20.8 Å². The molecular formula is C11H14F3N. The summed E-state index contributed by atoms with van der Waals surface area (Å²) in [6.07, 6.45) is -3.02. The number of halogens is 3. The summed E-state index contributed by atoms with van der Waals surface area (Å²) in [5.41, 5.74) is -0.341. The van der Waals surface area contributed by atoms with Crippen LogP contribution in [0.4, 0.5) is 13.2 Å². The zero-order chi connectivity index (χ0) is 11.9. The normalized spacial score (nSPS) is 13.0. The first-order chi connectivity index (χ1) is 6.62. The van der Waals surface area contributed by atoms with Gasteiger partial charge in [0.2, 0.25) is 0 Å². The van der Waals surface area contributed by atoms with Crippen molar-refractivity contribution in [2.24, 2.45) is 0 Å². The Hall–Kier alpha value is -1.06. The molecule has 15 heavy (non-hydrogen) atoms. The minimum atomic E-state index is -4.30. The average Bonchev–Trinajstić information content (AvgIpc) is 2.00. The van der Waals surface area contributed by atoms with Gasteiger partial charge in [0.1, 0.15) is 0 Å². The van der Waals surface area contributed by atoms with Gasteiger partial charge in [-0.05, 0) is 18.6 Å². The van der Waals surface area contributed by atoms with Crippen molar-refractivity contribution in [2.75, 3.05) is 0 Å². The Kier molecular flexibility index (Phi) is 2.81. The summed E-state index contributed by atoms with van der Waals surface area (Å²) in [6.45, 7) is 6.93. The van der Waals surface area contributed by atoms with E-state index in [-0.39, 0.29) is 11.0 Å². The minimum Gasteiger partial charge on any atom is -0.260 e. The fourth-order valence-corrected chi connectivity index (χ4v) is 1.24. The Balaban J connectivity index is 3.30. The number of aromatic nitrogens is 1. The van der Waals surface area contributed by atoms with Gasteiger partial charge in [-0.2, -0.15) is 13.2 Å². The van der Waals surface area contributed by atoms with E-state index in [1.165, 1.54) is 13.1 Å². The Bertz CT molecular complexity index is 361. The number of pyridine rings is 1. The molecule has 1 nitrogen and oxygen atoms in total. The molecular weight excluding hydrogens is 203 g/mol. The highest BCUT2D eigenvalue weighted by atomic mass is 19.4. The van der Waals surface area contributed by atoms with Crippen molar-refractivity contribution in [2.45, 2.75) is 39.3 Å². The van der Waals surface area contributed by atoms with Crippen molar-refractivity contribution in [3.8, 4) is 0 Å². The highest BCUT2D eigenvalue weighted by Gasteiger charge is 2.33. The lowest BCUT2D eigenvalue weighted by Crippen LogP contribution is -2.17. The second kappa shape index (κ2) is 3.51. The lowest BCUT2D eigenvalue weighted by molar-refractivity contribution is -0.138. The fraction of sp³-hybridized carbons (Fsp3) is 0.545. The van der Waals surface area contributed by atoms with Gasteiger partial charge in [0.25, 0.3) is 0 Å². The van der Waals surface area contributed by atoms with Crippen molar-refractivity contribution in [3.05, 3.63) is 29.1 Å². The van der Waals surface area contributed by atoms with Gasteiger partial charge < -0.3 is 0 Å². The van der Waals surface area contributed by atoms with E-state index < -0.39 is 11.7 Å². The molecule has 1 aromatic heterocycles. The van der Waals surface area contributed by atoms with Crippen LogP contribution >= 0.6 is 0 Å². The molecule has 0 N–H and O–H groups in total. The molecule has 0 fully saturated rings. The zero-order valence-corrected chi connectivity index (χ0v) is 9.24. The molecule has 0 atom stereocenters. The lowest BCUT2D eigenvalue weighted by Gasteiger charge is -2.20. The minimum absolute atomic E-state index is 0.163. The molecule has 0 amide bonds. The molecule has 0 bridgehead atoms. The highest BCUT2D eigenvalue weighted by Crippen LogP contribution is 2.33. The fourth-order valence-electron chi connectivity index (χ4n) is 1.24. The van der Waals surface area contributed by atoms with Crippen LogP contribution in [0.15, 0.2) is 12.3 Å². The number of nitrogens with zero attached hydrogens (tertiary/aromatic N) is 1. The third kappa shape index (κ3) is 2.70. The van der Waals surface area contributed by atoms with Crippen LogP contribution in [-0.2, 0) is 11.6 Å². The summed E-state index contributed by atoms with van der Waals surface area (Å²) in [7, 11) is 0. The highest BCUT2D eigenvalue weighted by molar-refractivity contribution is 5.30. The van der Waals surface area contributed by atoms with Crippen molar-refractivity contribution in [1.29, 1.82) is 0 Å². The van der Waals surface area contributed by atoms with E-state index in [0.29, 0.717) is 5.69 Å². The first-order valence-electron chi connectivity index (χ1n) is 4.66. The topological polar surface area (TPSA) is 12.9 Å². The Morgan fingerprint density at radius 3 is 2.07 bits per heavy atom. The van der Waals surface area contributed by atoms with E-state index in [9.17, 15) is 13.2 Å². The van der Waals surface area contributed by atoms with Gasteiger partial charge in [-0.3, -0.25) is 4.98 Å². The third-order valence-electron chi connectivity index (χ3n) is 2.18. The molecule has 0 aliphatic rings. The quantitative estimate of drug-likeness (QED) is 0.645. The zero-order valence-electron chi connectivity index (χ0n) is 9.24. The average molecular weight is 217 g/mol. The molecule has 0 radical (unpaired) electrons. The Morgan fingerprint density at radius 1 is 1.13 bits per heavy atom. The molecule has 84 valence electrons. The largest absolute Gasteiger partial charge is 0.416 e. The second-order valence-corrected chi connectivity index (χ2v) is 4.63. The van der Waals surface area contributed by atoms with Gasteiger partial charge in [0.05, 0.1) is 5.56 Å². The van der Waals surface area contributed by atoms with Gasteiger partial charge >= 0.3 is 6.18 Å². The van der Waals surface area contributed by atoms with E-state index in [1.54, 1.807) is 0 Å². The first-order valence-corrected chi connectivity index (χ1v) is 4.66. The van der Waals surface area contributed by atoms with E-state index in [1.807, 2.05) is 20.8 Å². The van der Waals surface area contributed by atoms with Crippen LogP contribution in [0.2, 0.25) is 0 Å². The van der Waals surface area contributed by atoms with Crippen molar-refractivity contribution >= 4 is 0 Å². The van der Waals surface area contributed by atoms with E-state index in [4.69, 9.17) is 0 Å². The molecule has 1 aromatic rings. The maximum Gasteiger partial charge on any atom is 0.416 e. The van der Waals surface area contributed by atoms with Crippen LogP contribution in [0.5, 0.6) is 0 Å². The van der Waals surface area contributed by atoms with Crippen molar-refractivity contribution < 1.29 is 13.2 Å². The second-order valence-electron chi connectivity index (χ2n) is 4.63. The van der Waals surface area contributed by atoms with Crippen molar-refractivity contribution in [3.63, 3.8) is 0 Å². The van der Waals surface area contributed by atoms with Crippen LogP contribution in [0.25, 0.3) is 0 Å². The molecule has 0 aliphatic carbocycles. The number of alkyl halides is 3. The summed E-state index contributed by atoms with van der Waals surface area (Å²) in [5.74, 6) is 0. The van der Waals surface area contributed by atoms with E-state index >= 15 is 0 Å². The molecule has 1 rings (SSSR count). The van der Waals surface area contributed by atoms with Crippen LogP contribution in [0.3, 0.4) is 0 Å². The summed E-state index contributed by atoms with van der Waals surface area (Å²) < 4.78 is 37.8. The number of hydrogen-bond acceptors (Lipinski definition) is 1. The maximum atomic E-state index is 12.6. The van der Waals surface area contributed by atoms with Crippen LogP contribution in [0, 0.1) is 6.92 Å². The molecule has 0 spiro atoms. The molecule has 0 aliphatic heterocycles. The van der Waals surface area contributed by atoms with Crippen LogP contribution in [-0.4, -0.2) is 4.98 Å². The molecule has 1 heterocycles. The number of hydrogen-bond donors (Lipinski definition) is 0. The standard InChI is InChI=1S/C11H14F3N/c1-7-6-15-9(10(2,3)4)5-8(7)11(12,13)14/h5-6H,1-4H3. The SMILES string of the molecule is Cc1cnc(C(C)(C)C)cc1C(F)(F)F. The maximum absolute atomic E-state index is 12.6. The monoisotopic (exact) mass is 217 g/mol. The smallest absolute Gasteiger partial charge is 0.260 e. The Morgan fingerprint density at radius 2 is 1.67 bits per heavy atom.